The van der Waals surface area contributed by atoms with Crippen molar-refractivity contribution < 1.29 is 13.0 Å². The maximum Gasteiger partial charge on any atom is 0.280 e. The summed E-state index contributed by atoms with van der Waals surface area (Å²) in [6, 6.07) is 9.43. The highest BCUT2D eigenvalue weighted by Crippen LogP contribution is 2.47. The van der Waals surface area contributed by atoms with Crippen molar-refractivity contribution in [1.82, 2.24) is 0 Å². The molecule has 2 rings (SSSR count). The van der Waals surface area contributed by atoms with Gasteiger partial charge in [-0.3, -0.25) is 4.55 Å². The zero-order valence-corrected chi connectivity index (χ0v) is 11.1. The Morgan fingerprint density at radius 2 is 1.88 bits per heavy atom. The molecule has 2 unspecified atom stereocenters. The summed E-state index contributed by atoms with van der Waals surface area (Å²) in [4.78, 5) is 0. The highest BCUT2D eigenvalue weighted by atomic mass is 32.3. The normalized spacial score (nSPS) is 30.1. The van der Waals surface area contributed by atoms with E-state index in [0.717, 1.165) is 24.8 Å². The van der Waals surface area contributed by atoms with Gasteiger partial charge in [-0.2, -0.15) is 21.0 Å². The van der Waals surface area contributed by atoms with E-state index in [2.05, 4.69) is 12.6 Å². The summed E-state index contributed by atoms with van der Waals surface area (Å²) in [6.07, 6.45) is 2.89. The van der Waals surface area contributed by atoms with Gasteiger partial charge in [0, 0.05) is 5.92 Å². The molecule has 1 aromatic rings. The van der Waals surface area contributed by atoms with Crippen molar-refractivity contribution in [2.45, 2.75) is 35.7 Å². The van der Waals surface area contributed by atoms with E-state index in [1.54, 1.807) is 0 Å². The van der Waals surface area contributed by atoms with Gasteiger partial charge in [-0.05, 0) is 18.4 Å². The van der Waals surface area contributed by atoms with E-state index in [0.29, 0.717) is 6.42 Å². The minimum atomic E-state index is -4.16. The Kier molecular flexibility index (Phi) is 3.52. The predicted molar refractivity (Wildman–Crippen MR) is 70.9 cm³/mol. The highest BCUT2D eigenvalue weighted by Gasteiger charge is 2.48. The first-order valence-electron chi connectivity index (χ1n) is 5.69. The Hall–Kier alpha value is -0.520. The molecule has 0 aliphatic heterocycles. The summed E-state index contributed by atoms with van der Waals surface area (Å²) in [5, 5.41) is 0. The van der Waals surface area contributed by atoms with Crippen LogP contribution in [-0.2, 0) is 10.1 Å². The van der Waals surface area contributed by atoms with Gasteiger partial charge >= 0.3 is 0 Å². The van der Waals surface area contributed by atoms with Gasteiger partial charge < -0.3 is 0 Å². The fourth-order valence-electron chi connectivity index (χ4n) is 2.55. The number of hydrogen-bond donors (Lipinski definition) is 2. The molecular weight excluding hydrogens is 256 g/mol. The summed E-state index contributed by atoms with van der Waals surface area (Å²) in [5.74, 6) is -0.240. The van der Waals surface area contributed by atoms with Crippen LogP contribution in [0.15, 0.2) is 30.3 Å². The first-order chi connectivity index (χ1) is 7.95. The number of hydrogen-bond acceptors (Lipinski definition) is 3. The van der Waals surface area contributed by atoms with Gasteiger partial charge in [-0.15, -0.1) is 0 Å². The Labute approximate surface area is 107 Å². The Balaban J connectivity index is 2.44. The lowest BCUT2D eigenvalue weighted by Gasteiger charge is -2.38. The summed E-state index contributed by atoms with van der Waals surface area (Å²) >= 11 is 4.30. The van der Waals surface area contributed by atoms with Crippen LogP contribution >= 0.6 is 12.6 Å². The van der Waals surface area contributed by atoms with Crippen LogP contribution in [0.1, 0.15) is 37.2 Å². The van der Waals surface area contributed by atoms with Gasteiger partial charge in [0.15, 0.2) is 0 Å². The first kappa shape index (κ1) is 12.9. The van der Waals surface area contributed by atoms with E-state index < -0.39 is 14.2 Å². The molecule has 1 aromatic carbocycles. The average molecular weight is 272 g/mol. The molecule has 5 heteroatoms. The van der Waals surface area contributed by atoms with Crippen LogP contribution in [0.25, 0.3) is 0 Å². The molecule has 1 aliphatic rings. The maximum absolute atomic E-state index is 11.6. The minimum Gasteiger partial charge on any atom is -0.284 e. The lowest BCUT2D eigenvalue weighted by molar-refractivity contribution is 0.376. The van der Waals surface area contributed by atoms with Gasteiger partial charge in [0.05, 0.1) is 0 Å². The van der Waals surface area contributed by atoms with Crippen LogP contribution in [0.4, 0.5) is 0 Å². The van der Waals surface area contributed by atoms with E-state index in [1.165, 1.54) is 0 Å². The Bertz CT molecular complexity index is 484. The first-order valence-corrected chi connectivity index (χ1v) is 7.58. The monoisotopic (exact) mass is 272 g/mol. The molecule has 1 fully saturated rings. The van der Waals surface area contributed by atoms with Crippen LogP contribution in [0.3, 0.4) is 0 Å². The summed E-state index contributed by atoms with van der Waals surface area (Å²) < 4.78 is 31.2. The standard InChI is InChI=1S/C12H16O3S2/c13-17(14,15)12(16)9-5-4-8-11(12)10-6-2-1-3-7-10/h1-3,6-7,11,16H,4-5,8-9H2,(H,13,14,15). The molecule has 17 heavy (non-hydrogen) atoms. The van der Waals surface area contributed by atoms with Crippen molar-refractivity contribution in [2.75, 3.05) is 0 Å². The molecule has 0 heterocycles. The smallest absolute Gasteiger partial charge is 0.280 e. The second-order valence-electron chi connectivity index (χ2n) is 4.53. The zero-order valence-electron chi connectivity index (χ0n) is 9.41. The molecule has 1 aliphatic carbocycles. The third-order valence-electron chi connectivity index (χ3n) is 3.47. The molecule has 0 radical (unpaired) electrons. The molecular formula is C12H16O3S2. The molecule has 94 valence electrons. The van der Waals surface area contributed by atoms with Crippen LogP contribution in [-0.4, -0.2) is 17.0 Å². The molecule has 0 aromatic heterocycles. The molecule has 0 bridgehead atoms. The van der Waals surface area contributed by atoms with Crippen molar-refractivity contribution in [3.63, 3.8) is 0 Å². The number of rotatable bonds is 2. The van der Waals surface area contributed by atoms with E-state index in [1.807, 2.05) is 30.3 Å². The average Bonchev–Trinajstić information content (AvgIpc) is 2.29. The molecule has 0 amide bonds. The summed E-state index contributed by atoms with van der Waals surface area (Å²) in [5.41, 5.74) is 0.930. The van der Waals surface area contributed by atoms with Crippen LogP contribution < -0.4 is 0 Å². The second-order valence-corrected chi connectivity index (χ2v) is 7.31. The van der Waals surface area contributed by atoms with E-state index in [4.69, 9.17) is 0 Å². The second kappa shape index (κ2) is 4.63. The topological polar surface area (TPSA) is 54.4 Å². The molecule has 3 nitrogen and oxygen atoms in total. The number of benzene rings is 1. The van der Waals surface area contributed by atoms with E-state index >= 15 is 0 Å². The van der Waals surface area contributed by atoms with Crippen molar-refractivity contribution >= 4 is 22.7 Å². The lowest BCUT2D eigenvalue weighted by Crippen LogP contribution is -2.41. The third kappa shape index (κ3) is 2.37. The third-order valence-corrected chi connectivity index (χ3v) is 6.08. The quantitative estimate of drug-likeness (QED) is 0.643. The summed E-state index contributed by atoms with van der Waals surface area (Å²) in [7, 11) is -4.16. The number of thiol groups is 1. The van der Waals surface area contributed by atoms with Gasteiger partial charge in [-0.25, -0.2) is 0 Å². The van der Waals surface area contributed by atoms with Crippen LogP contribution in [0.2, 0.25) is 0 Å². The Morgan fingerprint density at radius 1 is 1.24 bits per heavy atom. The van der Waals surface area contributed by atoms with Crippen LogP contribution in [0.5, 0.6) is 0 Å². The largest absolute Gasteiger partial charge is 0.284 e. The fraction of sp³-hybridized carbons (Fsp3) is 0.500. The molecule has 0 saturated heterocycles. The SMILES string of the molecule is O=S(=O)(O)C1(S)CCCCC1c1ccccc1. The molecule has 0 spiro atoms. The highest BCUT2D eigenvalue weighted by molar-refractivity contribution is 8.03. The molecule has 2 atom stereocenters. The van der Waals surface area contributed by atoms with Crippen molar-refractivity contribution in [2.24, 2.45) is 0 Å². The van der Waals surface area contributed by atoms with E-state index in [-0.39, 0.29) is 5.92 Å². The summed E-state index contributed by atoms with van der Waals surface area (Å²) in [6.45, 7) is 0. The molecule has 1 N–H and O–H groups in total. The zero-order chi connectivity index (χ0) is 12.5. The lowest BCUT2D eigenvalue weighted by atomic mass is 9.83. The van der Waals surface area contributed by atoms with Crippen molar-refractivity contribution in [3.05, 3.63) is 35.9 Å². The van der Waals surface area contributed by atoms with Crippen molar-refractivity contribution in [1.29, 1.82) is 0 Å². The van der Waals surface area contributed by atoms with Gasteiger partial charge in [0.2, 0.25) is 0 Å². The predicted octanol–water partition coefficient (Wildman–Crippen LogP) is 2.86. The van der Waals surface area contributed by atoms with Gasteiger partial charge in [0.25, 0.3) is 10.1 Å². The molecule has 1 saturated carbocycles. The van der Waals surface area contributed by atoms with E-state index in [9.17, 15) is 13.0 Å². The fourth-order valence-corrected chi connectivity index (χ4v) is 4.00. The minimum absolute atomic E-state index is 0.240. The Morgan fingerprint density at radius 3 is 2.47 bits per heavy atom. The van der Waals surface area contributed by atoms with Crippen LogP contribution in [0, 0.1) is 0 Å². The van der Waals surface area contributed by atoms with Gasteiger partial charge in [0.1, 0.15) is 4.08 Å². The maximum atomic E-state index is 11.6. The van der Waals surface area contributed by atoms with Gasteiger partial charge in [-0.1, -0.05) is 43.2 Å². The van der Waals surface area contributed by atoms with Crippen molar-refractivity contribution in [3.8, 4) is 0 Å².